The highest BCUT2D eigenvalue weighted by Crippen LogP contribution is 2.13. The molecule has 4 nitrogen and oxygen atoms in total. The number of hydrogen-bond donors (Lipinski definition) is 2. The van der Waals surface area contributed by atoms with Gasteiger partial charge in [-0.3, -0.25) is 5.41 Å². The number of thiazole rings is 1. The maximum absolute atomic E-state index is 7.16. The lowest BCUT2D eigenvalue weighted by Gasteiger charge is -2.15. The van der Waals surface area contributed by atoms with Crippen molar-refractivity contribution in [3.05, 3.63) is 16.1 Å². The van der Waals surface area contributed by atoms with Crippen molar-refractivity contribution in [3.8, 4) is 0 Å². The van der Waals surface area contributed by atoms with E-state index in [1.807, 2.05) is 6.92 Å². The molecular weight excluding hydrogens is 172 g/mol. The van der Waals surface area contributed by atoms with E-state index in [0.717, 1.165) is 10.6 Å². The molecule has 1 rings (SSSR count). The predicted octanol–water partition coefficient (Wildman–Crippen LogP) is 0.777. The molecule has 5 heteroatoms. The highest BCUT2D eigenvalue weighted by Gasteiger charge is 2.05. The summed E-state index contributed by atoms with van der Waals surface area (Å²) in [4.78, 5) is 6.95. The molecule has 0 aliphatic rings. The zero-order valence-corrected chi connectivity index (χ0v) is 7.98. The summed E-state index contributed by atoms with van der Waals surface area (Å²) in [5.41, 5.74) is 8.12. The van der Waals surface area contributed by atoms with Gasteiger partial charge in [-0.15, -0.1) is 11.3 Å². The van der Waals surface area contributed by atoms with Gasteiger partial charge in [0.2, 0.25) is 0 Å². The van der Waals surface area contributed by atoms with Gasteiger partial charge in [-0.25, -0.2) is 4.98 Å². The van der Waals surface area contributed by atoms with Crippen LogP contribution in [-0.4, -0.2) is 22.9 Å². The molecule has 0 spiro atoms. The fraction of sp³-hybridized carbons (Fsp3) is 0.429. The number of hydrogen-bond acceptors (Lipinski definition) is 3. The van der Waals surface area contributed by atoms with Gasteiger partial charge in [0.15, 0.2) is 5.96 Å². The molecule has 0 fully saturated rings. The second-order valence-electron chi connectivity index (χ2n) is 2.60. The van der Waals surface area contributed by atoms with E-state index < -0.39 is 0 Å². The van der Waals surface area contributed by atoms with Crippen molar-refractivity contribution in [2.75, 3.05) is 7.05 Å². The molecule has 0 saturated carbocycles. The summed E-state index contributed by atoms with van der Waals surface area (Å²) in [5.74, 6) is 0.0859. The lowest BCUT2D eigenvalue weighted by molar-refractivity contribution is 0.494. The Morgan fingerprint density at radius 3 is 2.92 bits per heavy atom. The Labute approximate surface area is 75.5 Å². The minimum Gasteiger partial charge on any atom is -0.370 e. The fourth-order valence-electron chi connectivity index (χ4n) is 0.779. The number of aromatic nitrogens is 1. The van der Waals surface area contributed by atoms with Gasteiger partial charge in [0.05, 0.1) is 17.7 Å². The number of nitrogens with zero attached hydrogens (tertiary/aromatic N) is 2. The Morgan fingerprint density at radius 2 is 2.50 bits per heavy atom. The van der Waals surface area contributed by atoms with Crippen LogP contribution in [0.4, 0.5) is 0 Å². The van der Waals surface area contributed by atoms with Crippen LogP contribution in [0.5, 0.6) is 0 Å². The Bertz CT molecular complexity index is 281. The Balaban J connectivity index is 2.64. The quantitative estimate of drug-likeness (QED) is 0.527. The largest absolute Gasteiger partial charge is 0.370 e. The Morgan fingerprint density at radius 1 is 1.83 bits per heavy atom. The van der Waals surface area contributed by atoms with E-state index in [1.165, 1.54) is 0 Å². The molecule has 0 radical (unpaired) electrons. The van der Waals surface area contributed by atoms with Gasteiger partial charge in [0, 0.05) is 11.9 Å². The summed E-state index contributed by atoms with van der Waals surface area (Å²) >= 11 is 1.59. The zero-order chi connectivity index (χ0) is 9.14. The third kappa shape index (κ3) is 1.94. The van der Waals surface area contributed by atoms with Crippen molar-refractivity contribution < 1.29 is 0 Å². The zero-order valence-electron chi connectivity index (χ0n) is 7.16. The highest BCUT2D eigenvalue weighted by molar-refractivity contribution is 7.09. The Kier molecular flexibility index (Phi) is 2.65. The minimum absolute atomic E-state index is 0.0859. The molecule has 12 heavy (non-hydrogen) atoms. The first-order valence-electron chi connectivity index (χ1n) is 3.55. The minimum atomic E-state index is 0.0859. The summed E-state index contributed by atoms with van der Waals surface area (Å²) in [6.07, 6.45) is 0. The van der Waals surface area contributed by atoms with Crippen molar-refractivity contribution in [1.29, 1.82) is 5.41 Å². The molecule has 0 aromatic carbocycles. The van der Waals surface area contributed by atoms with Crippen LogP contribution in [0.25, 0.3) is 0 Å². The van der Waals surface area contributed by atoms with Gasteiger partial charge in [-0.1, -0.05) is 0 Å². The van der Waals surface area contributed by atoms with Crippen LogP contribution in [0, 0.1) is 12.3 Å². The van der Waals surface area contributed by atoms with Crippen molar-refractivity contribution in [1.82, 2.24) is 9.88 Å². The van der Waals surface area contributed by atoms with E-state index in [1.54, 1.807) is 28.8 Å². The third-order valence-corrected chi connectivity index (χ3v) is 2.56. The second kappa shape index (κ2) is 3.53. The monoisotopic (exact) mass is 184 g/mol. The van der Waals surface area contributed by atoms with E-state index in [0.29, 0.717) is 6.54 Å². The molecule has 66 valence electrons. The average Bonchev–Trinajstić information content (AvgIpc) is 2.36. The van der Waals surface area contributed by atoms with Crippen LogP contribution < -0.4 is 5.73 Å². The normalized spacial score (nSPS) is 9.83. The van der Waals surface area contributed by atoms with Gasteiger partial charge >= 0.3 is 0 Å². The summed E-state index contributed by atoms with van der Waals surface area (Å²) < 4.78 is 0. The first-order chi connectivity index (χ1) is 5.61. The van der Waals surface area contributed by atoms with Crippen LogP contribution in [0.1, 0.15) is 10.6 Å². The number of nitrogens with two attached hydrogens (primary N) is 1. The van der Waals surface area contributed by atoms with E-state index in [4.69, 9.17) is 11.1 Å². The molecule has 0 bridgehead atoms. The molecule has 1 aromatic rings. The molecule has 1 aromatic heterocycles. The topological polar surface area (TPSA) is 66.0 Å². The number of nitrogens with one attached hydrogen (secondary N) is 1. The van der Waals surface area contributed by atoms with Gasteiger partial charge in [0.25, 0.3) is 0 Å². The maximum atomic E-state index is 7.16. The van der Waals surface area contributed by atoms with Crippen LogP contribution in [-0.2, 0) is 6.54 Å². The first kappa shape index (κ1) is 8.99. The molecule has 0 unspecified atom stereocenters. The summed E-state index contributed by atoms with van der Waals surface area (Å²) in [6, 6.07) is 0. The van der Waals surface area contributed by atoms with Gasteiger partial charge in [0.1, 0.15) is 0 Å². The van der Waals surface area contributed by atoms with Crippen molar-refractivity contribution in [3.63, 3.8) is 0 Å². The third-order valence-electron chi connectivity index (χ3n) is 1.64. The van der Waals surface area contributed by atoms with Gasteiger partial charge in [-0.2, -0.15) is 0 Å². The molecule has 1 heterocycles. The number of rotatable bonds is 2. The number of aryl methyl sites for hydroxylation is 1. The molecule has 0 amide bonds. The smallest absolute Gasteiger partial charge is 0.188 e. The van der Waals surface area contributed by atoms with Crippen molar-refractivity contribution in [2.45, 2.75) is 13.5 Å². The van der Waals surface area contributed by atoms with E-state index in [9.17, 15) is 0 Å². The summed E-state index contributed by atoms with van der Waals surface area (Å²) in [5, 5.41) is 7.16. The van der Waals surface area contributed by atoms with Crippen LogP contribution in [0.2, 0.25) is 0 Å². The van der Waals surface area contributed by atoms with E-state index in [-0.39, 0.29) is 5.96 Å². The lowest BCUT2D eigenvalue weighted by Crippen LogP contribution is -2.32. The SMILES string of the molecule is Cc1ncsc1CN(C)C(=N)N. The van der Waals surface area contributed by atoms with Gasteiger partial charge < -0.3 is 10.6 Å². The summed E-state index contributed by atoms with van der Waals surface area (Å²) in [7, 11) is 1.79. The predicted molar refractivity (Wildman–Crippen MR) is 50.2 cm³/mol. The number of guanidine groups is 1. The highest BCUT2D eigenvalue weighted by atomic mass is 32.1. The molecule has 0 saturated heterocycles. The van der Waals surface area contributed by atoms with Crippen molar-refractivity contribution in [2.24, 2.45) is 5.73 Å². The lowest BCUT2D eigenvalue weighted by atomic mass is 10.4. The van der Waals surface area contributed by atoms with Crippen LogP contribution in [0.3, 0.4) is 0 Å². The average molecular weight is 184 g/mol. The molecule has 3 N–H and O–H groups in total. The van der Waals surface area contributed by atoms with Crippen LogP contribution >= 0.6 is 11.3 Å². The molecule has 0 atom stereocenters. The first-order valence-corrected chi connectivity index (χ1v) is 4.43. The standard InChI is InChI=1S/C7H12N4S/c1-5-6(12-4-10-5)3-11(2)7(8)9/h4H,3H2,1-2H3,(H3,8,9). The fourth-order valence-corrected chi connectivity index (χ4v) is 1.61. The van der Waals surface area contributed by atoms with Gasteiger partial charge in [-0.05, 0) is 6.92 Å². The molecule has 0 aliphatic heterocycles. The summed E-state index contributed by atoms with van der Waals surface area (Å²) in [6.45, 7) is 2.63. The van der Waals surface area contributed by atoms with E-state index in [2.05, 4.69) is 4.98 Å². The van der Waals surface area contributed by atoms with E-state index >= 15 is 0 Å². The second-order valence-corrected chi connectivity index (χ2v) is 3.54. The Hall–Kier alpha value is -1.10. The van der Waals surface area contributed by atoms with Crippen molar-refractivity contribution >= 4 is 17.3 Å². The van der Waals surface area contributed by atoms with Crippen LogP contribution in [0.15, 0.2) is 5.51 Å². The molecular formula is C7H12N4S. The maximum Gasteiger partial charge on any atom is 0.188 e. The molecule has 0 aliphatic carbocycles.